The molecule has 0 aliphatic rings. The van der Waals surface area contributed by atoms with Gasteiger partial charge in [0.05, 0.1) is 11.0 Å². The summed E-state index contributed by atoms with van der Waals surface area (Å²) < 4.78 is 9.53. The van der Waals surface area contributed by atoms with Crippen molar-refractivity contribution in [1.29, 1.82) is 0 Å². The number of fused-ring (bicyclic) bond motifs is 11. The van der Waals surface area contributed by atoms with Gasteiger partial charge in [-0.05, 0) is 104 Å². The van der Waals surface area contributed by atoms with Crippen molar-refractivity contribution >= 4 is 65.3 Å². The second kappa shape index (κ2) is 13.2. The van der Waals surface area contributed by atoms with Crippen LogP contribution in [0.15, 0.2) is 217 Å². The topological polar surface area (TPSA) is 18.1 Å². The minimum absolute atomic E-state index is 0.823. The molecule has 0 saturated heterocycles. The maximum absolute atomic E-state index is 7.10. The van der Waals surface area contributed by atoms with Crippen LogP contribution in [0.5, 0.6) is 0 Å². The van der Waals surface area contributed by atoms with Gasteiger partial charge < -0.3 is 8.98 Å². The van der Waals surface area contributed by atoms with Gasteiger partial charge in [-0.2, -0.15) is 0 Å². The molecule has 262 valence electrons. The fourth-order valence-corrected chi connectivity index (χ4v) is 8.62. The maximum Gasteiger partial charge on any atom is 0.135 e. The first kappa shape index (κ1) is 32.0. The first-order chi connectivity index (χ1) is 27.8. The fourth-order valence-electron chi connectivity index (χ4n) is 8.62. The lowest BCUT2D eigenvalue weighted by molar-refractivity contribution is 0.663. The molecule has 0 bridgehead atoms. The van der Waals surface area contributed by atoms with E-state index >= 15 is 0 Å². The van der Waals surface area contributed by atoms with Crippen molar-refractivity contribution in [2.75, 3.05) is 0 Å². The van der Waals surface area contributed by atoms with Crippen LogP contribution in [0.25, 0.3) is 104 Å². The summed E-state index contributed by atoms with van der Waals surface area (Å²) in [5, 5.41) is 9.14. The van der Waals surface area contributed by atoms with Crippen LogP contribution in [0.4, 0.5) is 0 Å². The van der Waals surface area contributed by atoms with Crippen LogP contribution in [0.1, 0.15) is 0 Å². The van der Waals surface area contributed by atoms with E-state index in [0.29, 0.717) is 0 Å². The third-order valence-electron chi connectivity index (χ3n) is 11.2. The van der Waals surface area contributed by atoms with Gasteiger partial charge in [-0.25, -0.2) is 0 Å². The minimum atomic E-state index is 0.823. The molecule has 56 heavy (non-hydrogen) atoms. The molecule has 0 N–H and O–H groups in total. The third kappa shape index (κ3) is 5.26. The summed E-state index contributed by atoms with van der Waals surface area (Å²) in [5.74, 6) is 0. The van der Waals surface area contributed by atoms with Gasteiger partial charge in [0.1, 0.15) is 11.2 Å². The molecule has 0 amide bonds. The quantitative estimate of drug-likeness (QED) is 0.178. The van der Waals surface area contributed by atoms with Gasteiger partial charge in [-0.3, -0.25) is 0 Å². The van der Waals surface area contributed by atoms with E-state index in [2.05, 4.69) is 217 Å². The fraction of sp³-hybridized carbons (Fsp3) is 0. The van der Waals surface area contributed by atoms with E-state index in [1.165, 1.54) is 43.8 Å². The van der Waals surface area contributed by atoms with Crippen LogP contribution in [-0.2, 0) is 0 Å². The molecule has 0 saturated carbocycles. The van der Waals surface area contributed by atoms with Crippen molar-refractivity contribution in [2.24, 2.45) is 0 Å². The molecule has 0 atom stereocenters. The van der Waals surface area contributed by atoms with E-state index < -0.39 is 0 Å². The normalized spacial score (nSPS) is 11.6. The molecular formula is C54H35NO. The van der Waals surface area contributed by atoms with Crippen molar-refractivity contribution in [3.05, 3.63) is 212 Å². The molecule has 9 aromatic carbocycles. The van der Waals surface area contributed by atoms with Crippen LogP contribution in [-0.4, -0.2) is 4.57 Å². The predicted molar refractivity (Wildman–Crippen MR) is 237 cm³/mol. The zero-order chi connectivity index (χ0) is 37.0. The van der Waals surface area contributed by atoms with Crippen molar-refractivity contribution in [3.8, 4) is 39.1 Å². The summed E-state index contributed by atoms with van der Waals surface area (Å²) in [4.78, 5) is 0. The number of nitrogens with zero attached hydrogens (tertiary/aromatic N) is 1. The van der Waals surface area contributed by atoms with Crippen LogP contribution in [0.2, 0.25) is 0 Å². The standard InChI is InChI=1S/C54H35NO/c1-5-15-36(16-6-1)39-25-29-49-48(35-39)54-50(55(49)42-21-11-4-12-22-42)30-28-45-47-34-41(38-19-9-3-10-20-38)27-32-52(47)56-51-31-26-40(37-17-7-2-8-18-37)33-46(51)43-23-13-14-24-44(43)53(45)54/h1-35H. The molecule has 11 rings (SSSR count). The van der Waals surface area contributed by atoms with Crippen LogP contribution < -0.4 is 0 Å². The SMILES string of the molecule is c1ccc(-c2ccc3oc4ccc(-c5ccccc5)cc4c4ccc5c(c6cc(-c7ccccc7)ccc6n5-c5ccccc5)c4c4ccccc4c3c2)cc1. The molecule has 2 aromatic heterocycles. The van der Waals surface area contributed by atoms with E-state index in [1.807, 2.05) is 0 Å². The lowest BCUT2D eigenvalue weighted by Crippen LogP contribution is -1.93. The Labute approximate surface area is 324 Å². The Morgan fingerprint density at radius 3 is 1.27 bits per heavy atom. The van der Waals surface area contributed by atoms with Gasteiger partial charge in [-0.15, -0.1) is 0 Å². The van der Waals surface area contributed by atoms with Gasteiger partial charge in [-0.1, -0.05) is 158 Å². The Balaban J connectivity index is 1.40. The van der Waals surface area contributed by atoms with Gasteiger partial charge >= 0.3 is 0 Å². The Morgan fingerprint density at radius 1 is 0.268 bits per heavy atom. The van der Waals surface area contributed by atoms with E-state index in [-0.39, 0.29) is 0 Å². The molecular weight excluding hydrogens is 679 g/mol. The van der Waals surface area contributed by atoms with E-state index in [1.54, 1.807) is 0 Å². The van der Waals surface area contributed by atoms with Crippen molar-refractivity contribution in [3.63, 3.8) is 0 Å². The molecule has 0 fully saturated rings. The largest absolute Gasteiger partial charge is 0.456 e. The molecule has 2 heterocycles. The summed E-state index contributed by atoms with van der Waals surface area (Å²) >= 11 is 0. The maximum atomic E-state index is 7.10. The van der Waals surface area contributed by atoms with Gasteiger partial charge in [0.2, 0.25) is 0 Å². The Bertz CT molecular complexity index is 3320. The summed E-state index contributed by atoms with van der Waals surface area (Å²) in [5.41, 5.74) is 12.1. The Hall–Kier alpha value is -7.42. The lowest BCUT2D eigenvalue weighted by atomic mass is 9.94. The van der Waals surface area contributed by atoms with Crippen LogP contribution in [0.3, 0.4) is 0 Å². The van der Waals surface area contributed by atoms with E-state index in [4.69, 9.17) is 4.42 Å². The second-order valence-electron chi connectivity index (χ2n) is 14.5. The lowest BCUT2D eigenvalue weighted by Gasteiger charge is -2.09. The molecule has 11 aromatic rings. The molecule has 0 unspecified atom stereocenters. The minimum Gasteiger partial charge on any atom is -0.456 e. The van der Waals surface area contributed by atoms with Gasteiger partial charge in [0.25, 0.3) is 0 Å². The molecule has 0 radical (unpaired) electrons. The van der Waals surface area contributed by atoms with E-state index in [9.17, 15) is 0 Å². The highest BCUT2D eigenvalue weighted by Gasteiger charge is 2.19. The number of para-hydroxylation sites is 1. The number of benzene rings is 9. The number of hydrogen-bond donors (Lipinski definition) is 0. The molecule has 0 aliphatic heterocycles. The van der Waals surface area contributed by atoms with Gasteiger partial charge in [0, 0.05) is 32.6 Å². The highest BCUT2D eigenvalue weighted by molar-refractivity contribution is 6.32. The number of aromatic nitrogens is 1. The second-order valence-corrected chi connectivity index (χ2v) is 14.5. The van der Waals surface area contributed by atoms with Crippen molar-refractivity contribution in [1.82, 2.24) is 4.57 Å². The zero-order valence-electron chi connectivity index (χ0n) is 30.6. The molecule has 2 heteroatoms. The summed E-state index contributed by atoms with van der Waals surface area (Å²) in [6.07, 6.45) is 0. The first-order valence-electron chi connectivity index (χ1n) is 19.2. The average Bonchev–Trinajstić information content (AvgIpc) is 3.63. The number of hydrogen-bond acceptors (Lipinski definition) is 1. The Morgan fingerprint density at radius 2 is 0.696 bits per heavy atom. The van der Waals surface area contributed by atoms with Crippen molar-refractivity contribution < 1.29 is 4.42 Å². The van der Waals surface area contributed by atoms with Crippen LogP contribution in [0, 0.1) is 0 Å². The van der Waals surface area contributed by atoms with Crippen molar-refractivity contribution in [2.45, 2.75) is 0 Å². The first-order valence-corrected chi connectivity index (χ1v) is 19.2. The summed E-state index contributed by atoms with van der Waals surface area (Å²) in [7, 11) is 0. The Kier molecular flexibility index (Phi) is 7.53. The summed E-state index contributed by atoms with van der Waals surface area (Å²) in [6.45, 7) is 0. The predicted octanol–water partition coefficient (Wildman–Crippen LogP) is 15.1. The highest BCUT2D eigenvalue weighted by Crippen LogP contribution is 2.43. The monoisotopic (exact) mass is 713 g/mol. The summed E-state index contributed by atoms with van der Waals surface area (Å²) in [6, 6.07) is 76.4. The van der Waals surface area contributed by atoms with Crippen LogP contribution >= 0.6 is 0 Å². The van der Waals surface area contributed by atoms with E-state index in [0.717, 1.165) is 60.6 Å². The average molecular weight is 714 g/mol. The molecule has 0 aliphatic carbocycles. The molecule has 0 spiro atoms. The smallest absolute Gasteiger partial charge is 0.135 e. The number of rotatable bonds is 4. The molecule has 2 nitrogen and oxygen atoms in total. The third-order valence-corrected chi connectivity index (χ3v) is 11.2. The highest BCUT2D eigenvalue weighted by atomic mass is 16.3. The van der Waals surface area contributed by atoms with Gasteiger partial charge in [0.15, 0.2) is 0 Å². The zero-order valence-corrected chi connectivity index (χ0v) is 30.6.